The Morgan fingerprint density at radius 2 is 2.00 bits per heavy atom. The molecule has 0 aromatic carbocycles. The van der Waals surface area contributed by atoms with Gasteiger partial charge in [0.2, 0.25) is 0 Å². The normalized spacial score (nSPS) is 25.5. The van der Waals surface area contributed by atoms with Gasteiger partial charge in [-0.15, -0.1) is 11.3 Å². The topological polar surface area (TPSA) is 15.3 Å². The van der Waals surface area contributed by atoms with E-state index in [2.05, 4.69) is 36.2 Å². The number of nitrogens with zero attached hydrogens (tertiary/aromatic N) is 1. The molecule has 1 atom stereocenters. The molecule has 3 heteroatoms. The van der Waals surface area contributed by atoms with E-state index in [1.165, 1.54) is 67.9 Å². The van der Waals surface area contributed by atoms with E-state index in [-0.39, 0.29) is 0 Å². The van der Waals surface area contributed by atoms with E-state index in [1.54, 1.807) is 0 Å². The molecule has 1 aromatic rings. The lowest BCUT2D eigenvalue weighted by molar-refractivity contribution is 0.135. The van der Waals surface area contributed by atoms with E-state index in [0.717, 1.165) is 0 Å². The van der Waals surface area contributed by atoms with Crippen LogP contribution in [0.2, 0.25) is 0 Å². The molecule has 1 aliphatic carbocycles. The van der Waals surface area contributed by atoms with Crippen LogP contribution in [0.4, 0.5) is 0 Å². The van der Waals surface area contributed by atoms with Crippen LogP contribution >= 0.6 is 11.3 Å². The molecule has 0 radical (unpaired) electrons. The first-order valence-corrected chi connectivity index (χ1v) is 9.06. The molecule has 0 amide bonds. The number of nitrogens with one attached hydrogen (secondary N) is 1. The van der Waals surface area contributed by atoms with E-state index >= 15 is 0 Å². The number of rotatable bonds is 2. The van der Waals surface area contributed by atoms with Crippen LogP contribution in [-0.4, -0.2) is 30.1 Å². The maximum atomic E-state index is 3.90. The fraction of sp³-hybridized carbons (Fsp3) is 0.765. The van der Waals surface area contributed by atoms with Crippen molar-refractivity contribution in [2.24, 2.45) is 0 Å². The molecule has 2 aliphatic rings. The average molecular weight is 292 g/mol. The largest absolute Gasteiger partial charge is 0.310 e. The third-order valence-corrected chi connectivity index (χ3v) is 6.33. The summed E-state index contributed by atoms with van der Waals surface area (Å²) >= 11 is 1.97. The summed E-state index contributed by atoms with van der Waals surface area (Å²) in [5, 5.41) is 3.90. The van der Waals surface area contributed by atoms with E-state index < -0.39 is 0 Å². The highest BCUT2D eigenvalue weighted by Gasteiger charge is 2.36. The van der Waals surface area contributed by atoms with Gasteiger partial charge in [-0.2, -0.15) is 0 Å². The molecule has 2 heterocycles. The average Bonchev–Trinajstić information content (AvgIpc) is 2.79. The van der Waals surface area contributed by atoms with Crippen LogP contribution in [0.1, 0.15) is 61.2 Å². The number of hydrogen-bond acceptors (Lipinski definition) is 3. The van der Waals surface area contributed by atoms with Gasteiger partial charge in [-0.25, -0.2) is 0 Å². The lowest BCUT2D eigenvalue weighted by atomic mass is 9.81. The summed E-state index contributed by atoms with van der Waals surface area (Å²) in [4.78, 5) is 5.71. The van der Waals surface area contributed by atoms with Crippen molar-refractivity contribution in [2.75, 3.05) is 19.6 Å². The molecule has 1 aliphatic heterocycles. The van der Waals surface area contributed by atoms with Gasteiger partial charge in [0.25, 0.3) is 0 Å². The van der Waals surface area contributed by atoms with Crippen molar-refractivity contribution in [2.45, 2.75) is 64.0 Å². The molecule has 1 unspecified atom stereocenters. The number of thiophene rings is 1. The van der Waals surface area contributed by atoms with Crippen molar-refractivity contribution in [1.29, 1.82) is 0 Å². The van der Waals surface area contributed by atoms with Gasteiger partial charge in [0.1, 0.15) is 0 Å². The minimum atomic E-state index is 0.412. The van der Waals surface area contributed by atoms with Gasteiger partial charge in [0, 0.05) is 34.4 Å². The molecule has 1 N–H and O–H groups in total. The van der Waals surface area contributed by atoms with Crippen LogP contribution in [0.5, 0.6) is 0 Å². The van der Waals surface area contributed by atoms with Crippen LogP contribution < -0.4 is 5.32 Å². The van der Waals surface area contributed by atoms with Crippen LogP contribution in [0.15, 0.2) is 12.1 Å². The van der Waals surface area contributed by atoms with Crippen molar-refractivity contribution in [1.82, 2.24) is 10.2 Å². The van der Waals surface area contributed by atoms with Crippen LogP contribution in [0.25, 0.3) is 0 Å². The third kappa shape index (κ3) is 3.10. The van der Waals surface area contributed by atoms with Gasteiger partial charge in [-0.3, -0.25) is 4.90 Å². The fourth-order valence-electron chi connectivity index (χ4n) is 3.91. The minimum absolute atomic E-state index is 0.412. The first-order chi connectivity index (χ1) is 9.69. The van der Waals surface area contributed by atoms with Crippen molar-refractivity contribution in [3.63, 3.8) is 0 Å². The molecule has 1 saturated heterocycles. The quantitative estimate of drug-likeness (QED) is 0.882. The Bertz CT molecular complexity index is 434. The summed E-state index contributed by atoms with van der Waals surface area (Å²) in [6.07, 6.45) is 8.29. The Morgan fingerprint density at radius 1 is 1.20 bits per heavy atom. The van der Waals surface area contributed by atoms with Gasteiger partial charge in [0.05, 0.1) is 0 Å². The second kappa shape index (κ2) is 6.17. The maximum Gasteiger partial charge on any atom is 0.0414 e. The highest BCUT2D eigenvalue weighted by molar-refractivity contribution is 7.12. The fourth-order valence-corrected chi connectivity index (χ4v) is 4.87. The summed E-state index contributed by atoms with van der Waals surface area (Å²) in [5.41, 5.74) is 0.412. The highest BCUT2D eigenvalue weighted by atomic mass is 32.1. The summed E-state index contributed by atoms with van der Waals surface area (Å²) in [7, 11) is 0. The molecule has 1 spiro atoms. The van der Waals surface area contributed by atoms with Gasteiger partial charge in [0.15, 0.2) is 0 Å². The number of aryl methyl sites for hydroxylation is 1. The Hall–Kier alpha value is -0.380. The Labute approximate surface area is 127 Å². The summed E-state index contributed by atoms with van der Waals surface area (Å²) in [5.74, 6) is 0. The molecule has 1 saturated carbocycles. The smallest absolute Gasteiger partial charge is 0.0414 e. The Balaban J connectivity index is 1.74. The minimum Gasteiger partial charge on any atom is -0.310 e. The van der Waals surface area contributed by atoms with Gasteiger partial charge in [-0.1, -0.05) is 19.3 Å². The van der Waals surface area contributed by atoms with E-state index in [1.807, 2.05) is 11.3 Å². The molecular weight excluding hydrogens is 264 g/mol. The standard InChI is InChI=1S/C17H28N2S/c1-14-7-8-16(20-14)15(2)19-12-6-11-18-17(13-19)9-4-3-5-10-17/h7-8,15,18H,3-6,9-13H2,1-2H3. The summed E-state index contributed by atoms with van der Waals surface area (Å²) in [6, 6.07) is 5.17. The highest BCUT2D eigenvalue weighted by Crippen LogP contribution is 2.34. The zero-order chi connectivity index (χ0) is 14.0. The lowest BCUT2D eigenvalue weighted by Gasteiger charge is -2.41. The van der Waals surface area contributed by atoms with Crippen molar-refractivity contribution >= 4 is 11.3 Å². The molecular formula is C17H28N2S. The molecule has 3 rings (SSSR count). The predicted octanol–water partition coefficient (Wildman–Crippen LogP) is 4.12. The predicted molar refractivity (Wildman–Crippen MR) is 87.5 cm³/mol. The molecule has 2 nitrogen and oxygen atoms in total. The van der Waals surface area contributed by atoms with Gasteiger partial charge < -0.3 is 5.32 Å². The van der Waals surface area contributed by atoms with Gasteiger partial charge in [-0.05, 0) is 51.8 Å². The van der Waals surface area contributed by atoms with Gasteiger partial charge >= 0.3 is 0 Å². The van der Waals surface area contributed by atoms with Crippen LogP contribution in [0, 0.1) is 6.92 Å². The van der Waals surface area contributed by atoms with Crippen LogP contribution in [0.3, 0.4) is 0 Å². The lowest BCUT2D eigenvalue weighted by Crippen LogP contribution is -2.52. The van der Waals surface area contributed by atoms with Crippen molar-refractivity contribution in [3.8, 4) is 0 Å². The van der Waals surface area contributed by atoms with Crippen LogP contribution in [-0.2, 0) is 0 Å². The van der Waals surface area contributed by atoms with E-state index in [9.17, 15) is 0 Å². The van der Waals surface area contributed by atoms with Crippen molar-refractivity contribution in [3.05, 3.63) is 21.9 Å². The molecule has 2 fully saturated rings. The molecule has 0 bridgehead atoms. The second-order valence-electron chi connectivity index (χ2n) is 6.72. The SMILES string of the molecule is Cc1ccc(C(C)N2CCCNC3(CCCCC3)C2)s1. The second-order valence-corrected chi connectivity index (χ2v) is 8.04. The number of hydrogen-bond donors (Lipinski definition) is 1. The Morgan fingerprint density at radius 3 is 2.70 bits per heavy atom. The first-order valence-electron chi connectivity index (χ1n) is 8.24. The third-order valence-electron chi connectivity index (χ3n) is 5.16. The summed E-state index contributed by atoms with van der Waals surface area (Å²) in [6.45, 7) is 8.30. The zero-order valence-corrected chi connectivity index (χ0v) is 13.8. The zero-order valence-electron chi connectivity index (χ0n) is 13.0. The van der Waals surface area contributed by atoms with E-state index in [4.69, 9.17) is 0 Å². The summed E-state index contributed by atoms with van der Waals surface area (Å²) < 4.78 is 0. The van der Waals surface area contributed by atoms with E-state index in [0.29, 0.717) is 11.6 Å². The maximum absolute atomic E-state index is 3.90. The van der Waals surface area contributed by atoms with Crippen molar-refractivity contribution < 1.29 is 0 Å². The Kier molecular flexibility index (Phi) is 4.49. The molecule has 20 heavy (non-hydrogen) atoms. The molecule has 112 valence electrons. The molecule has 1 aromatic heterocycles. The first kappa shape index (κ1) is 14.6. The monoisotopic (exact) mass is 292 g/mol.